The van der Waals surface area contributed by atoms with E-state index < -0.39 is 15.6 Å². The molecule has 0 unspecified atom stereocenters. The number of benzene rings is 4. The molecule has 1 aliphatic rings. The van der Waals surface area contributed by atoms with Crippen molar-refractivity contribution in [2.45, 2.75) is 36.8 Å². The van der Waals surface area contributed by atoms with Crippen molar-refractivity contribution < 1.29 is 23.0 Å². The molecule has 7 nitrogen and oxygen atoms in total. The lowest BCUT2D eigenvalue weighted by Gasteiger charge is -2.39. The van der Waals surface area contributed by atoms with Gasteiger partial charge in [-0.25, -0.2) is 13.1 Å². The Morgan fingerprint density at radius 2 is 1.56 bits per heavy atom. The summed E-state index contributed by atoms with van der Waals surface area (Å²) in [7, 11) is -2.15. The highest BCUT2D eigenvalue weighted by molar-refractivity contribution is 7.89. The van der Waals surface area contributed by atoms with E-state index in [0.29, 0.717) is 49.5 Å². The normalized spacial score (nSPS) is 15.8. The maximum Gasteiger partial charge on any atom is 0.240 e. The minimum Gasteiger partial charge on any atom is -0.493 e. The first kappa shape index (κ1) is 27.1. The molecule has 204 valence electrons. The molecule has 0 atom stereocenters. The second-order valence-electron chi connectivity index (χ2n) is 9.90. The van der Waals surface area contributed by atoms with Crippen molar-refractivity contribution in [2.24, 2.45) is 0 Å². The summed E-state index contributed by atoms with van der Waals surface area (Å²) in [6, 6.07) is 26.6. The van der Waals surface area contributed by atoms with E-state index in [1.807, 2.05) is 72.8 Å². The minimum atomic E-state index is -3.76. The standard InChI is InChI=1S/C31H34N2O5S/c1-3-32-39(35,36)30-21-25-11-5-4-10-24(25)20-27(30)31(34)15-17-33(18-16-31)22-23-9-8-12-26(19-23)38-29-14-7-6-13-28(29)37-2/h4-14,19-21,32,34H,3,15-18,22H2,1-2H3. The van der Waals surface area contributed by atoms with Crippen molar-refractivity contribution in [3.05, 3.63) is 96.1 Å². The summed E-state index contributed by atoms with van der Waals surface area (Å²) in [6.45, 7) is 3.98. The number of ether oxygens (including phenoxy) is 2. The Bertz CT molecular complexity index is 1560. The summed E-state index contributed by atoms with van der Waals surface area (Å²) in [5.41, 5.74) is 0.315. The van der Waals surface area contributed by atoms with Crippen molar-refractivity contribution in [2.75, 3.05) is 26.7 Å². The molecule has 1 saturated heterocycles. The van der Waals surface area contributed by atoms with Crippen molar-refractivity contribution in [3.8, 4) is 17.2 Å². The first-order chi connectivity index (χ1) is 18.8. The minimum absolute atomic E-state index is 0.153. The molecule has 1 fully saturated rings. The van der Waals surface area contributed by atoms with Gasteiger partial charge in [-0.1, -0.05) is 55.5 Å². The second kappa shape index (κ2) is 11.4. The Balaban J connectivity index is 1.33. The molecular weight excluding hydrogens is 512 g/mol. The van der Waals surface area contributed by atoms with Crippen LogP contribution in [0.1, 0.15) is 30.9 Å². The lowest BCUT2D eigenvalue weighted by Crippen LogP contribution is -2.43. The van der Waals surface area contributed by atoms with Gasteiger partial charge in [-0.05, 0) is 65.6 Å². The second-order valence-corrected chi connectivity index (χ2v) is 11.6. The van der Waals surface area contributed by atoms with Crippen LogP contribution in [0.15, 0.2) is 89.8 Å². The smallest absolute Gasteiger partial charge is 0.240 e. The number of hydrogen-bond donors (Lipinski definition) is 2. The lowest BCUT2D eigenvalue weighted by atomic mass is 9.83. The number of hydrogen-bond acceptors (Lipinski definition) is 6. The molecule has 0 amide bonds. The van der Waals surface area contributed by atoms with Crippen LogP contribution >= 0.6 is 0 Å². The molecule has 2 N–H and O–H groups in total. The van der Waals surface area contributed by atoms with Gasteiger partial charge in [-0.15, -0.1) is 0 Å². The summed E-state index contributed by atoms with van der Waals surface area (Å²) in [5.74, 6) is 2.04. The van der Waals surface area contributed by atoms with Gasteiger partial charge in [0.15, 0.2) is 11.5 Å². The average molecular weight is 547 g/mol. The van der Waals surface area contributed by atoms with Gasteiger partial charge >= 0.3 is 0 Å². The van der Waals surface area contributed by atoms with Crippen molar-refractivity contribution >= 4 is 20.8 Å². The third-order valence-corrected chi connectivity index (χ3v) is 8.84. The van der Waals surface area contributed by atoms with Crippen LogP contribution in [-0.4, -0.2) is 45.2 Å². The number of methoxy groups -OCH3 is 1. The quantitative estimate of drug-likeness (QED) is 0.291. The fourth-order valence-electron chi connectivity index (χ4n) is 5.22. The molecule has 4 aromatic rings. The van der Waals surface area contributed by atoms with Gasteiger partial charge in [0.05, 0.1) is 17.6 Å². The molecule has 0 radical (unpaired) electrons. The molecular formula is C31H34N2O5S. The molecule has 39 heavy (non-hydrogen) atoms. The molecule has 1 aliphatic heterocycles. The highest BCUT2D eigenvalue weighted by Crippen LogP contribution is 2.39. The number of likely N-dealkylation sites (tertiary alicyclic amines) is 1. The van der Waals surface area contributed by atoms with Gasteiger partial charge in [-0.2, -0.15) is 0 Å². The van der Waals surface area contributed by atoms with Gasteiger partial charge in [-0.3, -0.25) is 4.90 Å². The largest absolute Gasteiger partial charge is 0.493 e. The van der Waals surface area contributed by atoms with Crippen LogP contribution in [0.4, 0.5) is 0 Å². The van der Waals surface area contributed by atoms with E-state index in [2.05, 4.69) is 15.7 Å². The SMILES string of the molecule is CCNS(=O)(=O)c1cc2ccccc2cc1C1(O)CCN(Cc2cccc(Oc3ccccc3OC)c2)CC1. The van der Waals surface area contributed by atoms with Crippen molar-refractivity contribution in [1.29, 1.82) is 0 Å². The van der Waals surface area contributed by atoms with E-state index in [9.17, 15) is 13.5 Å². The zero-order valence-corrected chi connectivity index (χ0v) is 23.1. The zero-order chi connectivity index (χ0) is 27.5. The van der Waals surface area contributed by atoms with Gasteiger partial charge < -0.3 is 14.6 Å². The average Bonchev–Trinajstić information content (AvgIpc) is 2.94. The van der Waals surface area contributed by atoms with Crippen LogP contribution in [0.3, 0.4) is 0 Å². The highest BCUT2D eigenvalue weighted by atomic mass is 32.2. The summed E-state index contributed by atoms with van der Waals surface area (Å²) in [6.07, 6.45) is 0.856. The third kappa shape index (κ3) is 5.94. The Morgan fingerprint density at radius 1 is 0.897 bits per heavy atom. The molecule has 5 rings (SSSR count). The Morgan fingerprint density at radius 3 is 2.26 bits per heavy atom. The molecule has 0 saturated carbocycles. The monoisotopic (exact) mass is 546 g/mol. The molecule has 0 aliphatic carbocycles. The molecule has 0 bridgehead atoms. The van der Waals surface area contributed by atoms with Crippen LogP contribution in [0.5, 0.6) is 17.2 Å². The predicted octanol–water partition coefficient (Wildman–Crippen LogP) is 5.42. The lowest BCUT2D eigenvalue weighted by molar-refractivity contribution is -0.0298. The fraction of sp³-hybridized carbons (Fsp3) is 0.290. The topological polar surface area (TPSA) is 88.1 Å². The Hall–Kier alpha value is -3.43. The number of fused-ring (bicyclic) bond motifs is 1. The predicted molar refractivity (Wildman–Crippen MR) is 153 cm³/mol. The number of rotatable bonds is 9. The first-order valence-corrected chi connectivity index (χ1v) is 14.7. The van der Waals surface area contributed by atoms with Gasteiger partial charge in [0.1, 0.15) is 5.75 Å². The van der Waals surface area contributed by atoms with E-state index in [1.54, 1.807) is 20.1 Å². The number of para-hydroxylation sites is 2. The van der Waals surface area contributed by atoms with Crippen LogP contribution in [0, 0.1) is 0 Å². The van der Waals surface area contributed by atoms with Gasteiger partial charge in [0, 0.05) is 31.7 Å². The van der Waals surface area contributed by atoms with E-state index in [0.717, 1.165) is 22.1 Å². The van der Waals surface area contributed by atoms with Crippen LogP contribution < -0.4 is 14.2 Å². The van der Waals surface area contributed by atoms with Crippen molar-refractivity contribution in [1.82, 2.24) is 9.62 Å². The maximum atomic E-state index is 13.1. The number of piperidine rings is 1. The molecule has 0 aromatic heterocycles. The van der Waals surface area contributed by atoms with Gasteiger partial charge in [0.2, 0.25) is 10.0 Å². The van der Waals surface area contributed by atoms with E-state index in [1.165, 1.54) is 0 Å². The number of nitrogens with zero attached hydrogens (tertiary/aromatic N) is 1. The van der Waals surface area contributed by atoms with Gasteiger partial charge in [0.25, 0.3) is 0 Å². The maximum absolute atomic E-state index is 13.1. The fourth-order valence-corrected chi connectivity index (χ4v) is 6.58. The highest BCUT2D eigenvalue weighted by Gasteiger charge is 2.38. The number of nitrogens with one attached hydrogen (secondary N) is 1. The molecule has 1 heterocycles. The Kier molecular flexibility index (Phi) is 7.91. The number of aliphatic hydroxyl groups is 1. The van der Waals surface area contributed by atoms with E-state index in [-0.39, 0.29) is 11.4 Å². The summed E-state index contributed by atoms with van der Waals surface area (Å²) < 4.78 is 40.3. The number of sulfonamides is 1. The molecule has 8 heteroatoms. The summed E-state index contributed by atoms with van der Waals surface area (Å²) in [4.78, 5) is 2.43. The first-order valence-electron chi connectivity index (χ1n) is 13.2. The molecule has 0 spiro atoms. The summed E-state index contributed by atoms with van der Waals surface area (Å²) in [5, 5.41) is 13.5. The summed E-state index contributed by atoms with van der Waals surface area (Å²) >= 11 is 0. The third-order valence-electron chi connectivity index (χ3n) is 7.26. The Labute approximate surface area is 230 Å². The van der Waals surface area contributed by atoms with Crippen molar-refractivity contribution in [3.63, 3.8) is 0 Å². The zero-order valence-electron chi connectivity index (χ0n) is 22.3. The van der Waals surface area contributed by atoms with Crippen LogP contribution in [0.2, 0.25) is 0 Å². The van der Waals surface area contributed by atoms with Crippen LogP contribution in [0.25, 0.3) is 10.8 Å². The van der Waals surface area contributed by atoms with E-state index >= 15 is 0 Å². The molecule has 4 aromatic carbocycles. The van der Waals surface area contributed by atoms with Crippen LogP contribution in [-0.2, 0) is 22.2 Å². The van der Waals surface area contributed by atoms with E-state index in [4.69, 9.17) is 9.47 Å².